The van der Waals surface area contributed by atoms with Crippen molar-refractivity contribution in [3.63, 3.8) is 0 Å². The molecule has 0 bridgehead atoms. The molecule has 3 aromatic heterocycles. The SMILES string of the molecule is c1ccc(-c2cc(-c3nc(-c4ccc5c(c4)sc4ccc6ccccc6c45)c4ccccc4n3)cc3sc4ccccc4c23)cc1. The van der Waals surface area contributed by atoms with Crippen molar-refractivity contribution < 1.29 is 0 Å². The Balaban J connectivity index is 1.21. The minimum absolute atomic E-state index is 0.743. The maximum atomic E-state index is 5.35. The summed E-state index contributed by atoms with van der Waals surface area (Å²) in [7, 11) is 0. The van der Waals surface area contributed by atoms with Gasteiger partial charge in [0.05, 0.1) is 11.2 Å². The molecule has 0 N–H and O–H groups in total. The third-order valence-electron chi connectivity index (χ3n) is 9.06. The number of thiophene rings is 2. The highest BCUT2D eigenvalue weighted by Gasteiger charge is 2.18. The standard InChI is InChI=1S/C42H24N2S2/c1-2-10-25(11-3-1)33-22-28(24-38-40(33)31-15-7-9-17-35(31)45-38)42-43-34-16-8-6-14-30(34)41(44-42)27-18-20-32-37(23-27)46-36-21-19-26-12-4-5-13-29(26)39(32)36/h1-24H. The van der Waals surface area contributed by atoms with E-state index in [1.165, 1.54) is 62.2 Å². The Kier molecular flexibility index (Phi) is 5.65. The molecule has 0 atom stereocenters. The summed E-state index contributed by atoms with van der Waals surface area (Å²) in [6.07, 6.45) is 0. The summed E-state index contributed by atoms with van der Waals surface area (Å²) in [6.45, 7) is 0. The molecule has 0 amide bonds. The molecule has 7 aromatic carbocycles. The van der Waals surface area contributed by atoms with E-state index in [0.29, 0.717) is 0 Å². The van der Waals surface area contributed by atoms with Crippen molar-refractivity contribution in [2.75, 3.05) is 0 Å². The summed E-state index contributed by atoms with van der Waals surface area (Å²) in [4.78, 5) is 10.5. The maximum Gasteiger partial charge on any atom is 0.160 e. The fourth-order valence-electron chi connectivity index (χ4n) is 6.95. The number of aromatic nitrogens is 2. The molecule has 0 saturated carbocycles. The minimum atomic E-state index is 0.743. The van der Waals surface area contributed by atoms with E-state index >= 15 is 0 Å². The van der Waals surface area contributed by atoms with Crippen LogP contribution in [0.25, 0.3) is 95.8 Å². The highest BCUT2D eigenvalue weighted by Crippen LogP contribution is 2.44. The molecule has 0 radical (unpaired) electrons. The second kappa shape index (κ2) is 10.0. The monoisotopic (exact) mass is 620 g/mol. The molecular formula is C42H24N2S2. The second-order valence-electron chi connectivity index (χ2n) is 11.7. The van der Waals surface area contributed by atoms with Crippen molar-refractivity contribution in [1.29, 1.82) is 0 Å². The van der Waals surface area contributed by atoms with Crippen molar-refractivity contribution in [2.24, 2.45) is 0 Å². The van der Waals surface area contributed by atoms with Crippen molar-refractivity contribution in [1.82, 2.24) is 9.97 Å². The third kappa shape index (κ3) is 3.94. The number of benzene rings is 7. The summed E-state index contributed by atoms with van der Waals surface area (Å²) in [5.74, 6) is 0.743. The molecule has 0 fully saturated rings. The van der Waals surface area contributed by atoms with Crippen LogP contribution in [0.4, 0.5) is 0 Å². The molecule has 3 heterocycles. The first kappa shape index (κ1) is 25.9. The van der Waals surface area contributed by atoms with Gasteiger partial charge in [0.2, 0.25) is 0 Å². The summed E-state index contributed by atoms with van der Waals surface area (Å²) in [6, 6.07) is 52.3. The van der Waals surface area contributed by atoms with Crippen LogP contribution in [-0.2, 0) is 0 Å². The van der Waals surface area contributed by atoms with E-state index in [1.54, 1.807) is 0 Å². The van der Waals surface area contributed by atoms with E-state index in [9.17, 15) is 0 Å². The number of hydrogen-bond acceptors (Lipinski definition) is 4. The van der Waals surface area contributed by atoms with E-state index in [1.807, 2.05) is 22.7 Å². The third-order valence-corrected chi connectivity index (χ3v) is 11.3. The van der Waals surface area contributed by atoms with Crippen LogP contribution in [0.2, 0.25) is 0 Å². The Morgan fingerprint density at radius 2 is 1.11 bits per heavy atom. The fraction of sp³-hybridized carbons (Fsp3) is 0. The van der Waals surface area contributed by atoms with Crippen LogP contribution in [-0.4, -0.2) is 9.97 Å². The predicted molar refractivity (Wildman–Crippen MR) is 199 cm³/mol. The van der Waals surface area contributed by atoms with Crippen molar-refractivity contribution >= 4 is 84.7 Å². The highest BCUT2D eigenvalue weighted by atomic mass is 32.1. The molecule has 214 valence electrons. The van der Waals surface area contributed by atoms with Gasteiger partial charge in [0.25, 0.3) is 0 Å². The molecule has 4 heteroatoms. The molecular weight excluding hydrogens is 597 g/mol. The van der Waals surface area contributed by atoms with Crippen molar-refractivity contribution in [3.8, 4) is 33.8 Å². The van der Waals surface area contributed by atoms with Gasteiger partial charge in [0, 0.05) is 56.9 Å². The smallest absolute Gasteiger partial charge is 0.160 e. The maximum absolute atomic E-state index is 5.35. The number of nitrogens with zero attached hydrogens (tertiary/aromatic N) is 2. The molecule has 46 heavy (non-hydrogen) atoms. The first-order valence-electron chi connectivity index (χ1n) is 15.4. The highest BCUT2D eigenvalue weighted by molar-refractivity contribution is 7.26. The lowest BCUT2D eigenvalue weighted by Gasteiger charge is -2.12. The Morgan fingerprint density at radius 1 is 0.391 bits per heavy atom. The van der Waals surface area contributed by atoms with Gasteiger partial charge in [-0.3, -0.25) is 0 Å². The molecule has 10 rings (SSSR count). The van der Waals surface area contributed by atoms with Crippen LogP contribution in [0.15, 0.2) is 146 Å². The first-order chi connectivity index (χ1) is 22.8. The van der Waals surface area contributed by atoms with Crippen LogP contribution in [0.5, 0.6) is 0 Å². The summed E-state index contributed by atoms with van der Waals surface area (Å²) in [5, 5.41) is 8.85. The van der Waals surface area contributed by atoms with Gasteiger partial charge in [-0.15, -0.1) is 22.7 Å². The number of fused-ring (bicyclic) bond motifs is 9. The lowest BCUT2D eigenvalue weighted by Crippen LogP contribution is -1.95. The number of para-hydroxylation sites is 1. The molecule has 0 spiro atoms. The lowest BCUT2D eigenvalue weighted by molar-refractivity contribution is 1.23. The molecule has 0 unspecified atom stereocenters. The van der Waals surface area contributed by atoms with E-state index < -0.39 is 0 Å². The largest absolute Gasteiger partial charge is 0.228 e. The van der Waals surface area contributed by atoms with Gasteiger partial charge in [-0.05, 0) is 58.3 Å². The van der Waals surface area contributed by atoms with Crippen LogP contribution >= 0.6 is 22.7 Å². The van der Waals surface area contributed by atoms with Crippen LogP contribution in [0, 0.1) is 0 Å². The van der Waals surface area contributed by atoms with E-state index in [0.717, 1.165) is 33.5 Å². The van der Waals surface area contributed by atoms with Crippen LogP contribution in [0.1, 0.15) is 0 Å². The zero-order valence-electron chi connectivity index (χ0n) is 24.6. The zero-order valence-corrected chi connectivity index (χ0v) is 26.2. The average Bonchev–Trinajstić information content (AvgIpc) is 3.69. The Morgan fingerprint density at radius 3 is 2.02 bits per heavy atom. The Hall–Kier alpha value is -5.42. The van der Waals surface area contributed by atoms with Gasteiger partial charge < -0.3 is 0 Å². The van der Waals surface area contributed by atoms with Gasteiger partial charge in [-0.25, -0.2) is 9.97 Å². The Bertz CT molecular complexity index is 2810. The minimum Gasteiger partial charge on any atom is -0.228 e. The van der Waals surface area contributed by atoms with Crippen LogP contribution in [0.3, 0.4) is 0 Å². The average molecular weight is 621 g/mol. The molecule has 0 aliphatic heterocycles. The zero-order chi connectivity index (χ0) is 30.2. The van der Waals surface area contributed by atoms with E-state index in [4.69, 9.17) is 9.97 Å². The first-order valence-corrected chi connectivity index (χ1v) is 17.0. The van der Waals surface area contributed by atoms with Gasteiger partial charge in [-0.2, -0.15) is 0 Å². The lowest BCUT2D eigenvalue weighted by atomic mass is 9.96. The van der Waals surface area contributed by atoms with Gasteiger partial charge >= 0.3 is 0 Å². The number of rotatable bonds is 3. The molecule has 2 nitrogen and oxygen atoms in total. The van der Waals surface area contributed by atoms with Crippen molar-refractivity contribution in [3.05, 3.63) is 146 Å². The summed E-state index contributed by atoms with van der Waals surface area (Å²) in [5.41, 5.74) is 6.45. The molecule has 0 aliphatic rings. The second-order valence-corrected chi connectivity index (χ2v) is 13.9. The van der Waals surface area contributed by atoms with Gasteiger partial charge in [0.15, 0.2) is 5.82 Å². The normalized spacial score (nSPS) is 11.9. The Labute approximate surface area is 272 Å². The van der Waals surface area contributed by atoms with Crippen LogP contribution < -0.4 is 0 Å². The fourth-order valence-corrected chi connectivity index (χ4v) is 9.28. The van der Waals surface area contributed by atoms with E-state index in [2.05, 4.69) is 146 Å². The quantitative estimate of drug-likeness (QED) is 0.196. The summed E-state index contributed by atoms with van der Waals surface area (Å²) < 4.78 is 5.11. The van der Waals surface area contributed by atoms with Gasteiger partial charge in [-0.1, -0.05) is 109 Å². The predicted octanol–water partition coefficient (Wildman–Crippen LogP) is 12.5. The molecule has 10 aromatic rings. The van der Waals surface area contributed by atoms with E-state index in [-0.39, 0.29) is 0 Å². The number of hydrogen-bond donors (Lipinski definition) is 0. The van der Waals surface area contributed by atoms with Crippen molar-refractivity contribution in [2.45, 2.75) is 0 Å². The summed E-state index contributed by atoms with van der Waals surface area (Å²) >= 11 is 3.69. The van der Waals surface area contributed by atoms with Gasteiger partial charge in [0.1, 0.15) is 0 Å². The molecule has 0 aliphatic carbocycles. The molecule has 0 saturated heterocycles. The topological polar surface area (TPSA) is 25.8 Å².